The Morgan fingerprint density at radius 3 is 2.40 bits per heavy atom. The highest BCUT2D eigenvalue weighted by atomic mass is 16.2. The van der Waals surface area contributed by atoms with E-state index in [9.17, 15) is 4.79 Å². The van der Waals surface area contributed by atoms with E-state index >= 15 is 0 Å². The summed E-state index contributed by atoms with van der Waals surface area (Å²) in [6.45, 7) is 4.57. The molecule has 1 unspecified atom stereocenters. The predicted molar refractivity (Wildman–Crippen MR) is 119 cm³/mol. The van der Waals surface area contributed by atoms with E-state index in [1.165, 1.54) is 11.1 Å². The second-order valence-electron chi connectivity index (χ2n) is 9.05. The molecule has 1 N–H and O–H groups in total. The van der Waals surface area contributed by atoms with Crippen molar-refractivity contribution in [3.63, 3.8) is 0 Å². The van der Waals surface area contributed by atoms with E-state index < -0.39 is 0 Å². The van der Waals surface area contributed by atoms with Crippen LogP contribution in [0.15, 0.2) is 54.6 Å². The molecule has 2 aliphatic rings. The van der Waals surface area contributed by atoms with Gasteiger partial charge in [0, 0.05) is 25.4 Å². The predicted octanol–water partition coefficient (Wildman–Crippen LogP) is 4.07. The lowest BCUT2D eigenvalue weighted by Gasteiger charge is -2.42. The van der Waals surface area contributed by atoms with Gasteiger partial charge in [0.1, 0.15) is 0 Å². The smallest absolute Gasteiger partial charge is 0.219 e. The monoisotopic (exact) mass is 401 g/mol. The number of nitrogens with zero attached hydrogens (tertiary/aromatic N) is 2. The third-order valence-corrected chi connectivity index (χ3v) is 6.84. The highest BCUT2D eigenvalue weighted by molar-refractivity contribution is 5.74. The van der Waals surface area contributed by atoms with Crippen LogP contribution in [0.25, 0.3) is 0 Å². The number of carbonyl (C=O) groups is 1. The molecule has 4 heteroatoms. The van der Waals surface area contributed by atoms with Gasteiger partial charge in [-0.05, 0) is 60.9 Å². The third kappa shape index (κ3) is 4.74. The van der Waals surface area contributed by atoms with Gasteiger partial charge in [0.05, 0.1) is 12.5 Å². The minimum absolute atomic E-state index is 0.109. The molecule has 30 heavy (non-hydrogen) atoms. The molecule has 0 radical (unpaired) electrons. The molecule has 2 atom stereocenters. The maximum Gasteiger partial charge on any atom is 0.219 e. The largest absolute Gasteiger partial charge is 0.339 e. The first-order valence-electron chi connectivity index (χ1n) is 11.1. The summed E-state index contributed by atoms with van der Waals surface area (Å²) in [6.07, 6.45) is 4.67. The van der Waals surface area contributed by atoms with E-state index in [0.717, 1.165) is 50.9 Å². The number of carbonyl (C=O) groups excluding carboxylic acids is 1. The molecule has 4 nitrogen and oxygen atoms in total. The first-order valence-corrected chi connectivity index (χ1v) is 11.1. The molecule has 1 aliphatic carbocycles. The lowest BCUT2D eigenvalue weighted by atomic mass is 9.73. The number of hydrogen-bond acceptors (Lipinski definition) is 3. The minimum atomic E-state index is 0.109. The first-order chi connectivity index (χ1) is 14.6. The van der Waals surface area contributed by atoms with Gasteiger partial charge in [-0.15, -0.1) is 0 Å². The van der Waals surface area contributed by atoms with Crippen molar-refractivity contribution in [3.05, 3.63) is 71.3 Å². The summed E-state index contributed by atoms with van der Waals surface area (Å²) in [5, 5.41) is 12.4. The molecule has 4 rings (SSSR count). The van der Waals surface area contributed by atoms with Gasteiger partial charge in [0.25, 0.3) is 0 Å². The number of amides is 1. The van der Waals surface area contributed by atoms with Crippen molar-refractivity contribution in [1.29, 1.82) is 5.26 Å². The molecule has 1 amide bonds. The average Bonchev–Trinajstić information content (AvgIpc) is 3.55. The summed E-state index contributed by atoms with van der Waals surface area (Å²) in [5.41, 5.74) is 3.82. The Balaban J connectivity index is 1.51. The van der Waals surface area contributed by atoms with Crippen molar-refractivity contribution in [3.8, 4) is 6.07 Å². The molecule has 2 aromatic rings. The lowest BCUT2D eigenvalue weighted by molar-refractivity contribution is -0.131. The zero-order valence-corrected chi connectivity index (χ0v) is 17.8. The number of benzene rings is 2. The van der Waals surface area contributed by atoms with E-state index in [4.69, 9.17) is 5.26 Å². The zero-order valence-electron chi connectivity index (χ0n) is 17.8. The molecular formula is C26H31N3O. The molecule has 2 fully saturated rings. The Labute approximate surface area is 179 Å². The van der Waals surface area contributed by atoms with Crippen LogP contribution in [0.4, 0.5) is 0 Å². The van der Waals surface area contributed by atoms with E-state index in [1.807, 2.05) is 0 Å². The summed E-state index contributed by atoms with van der Waals surface area (Å²) in [4.78, 5) is 14.8. The average molecular weight is 402 g/mol. The number of hydrogen-bond donors (Lipinski definition) is 1. The molecule has 1 heterocycles. The van der Waals surface area contributed by atoms with Crippen molar-refractivity contribution < 1.29 is 4.79 Å². The fourth-order valence-electron chi connectivity index (χ4n) is 5.06. The quantitative estimate of drug-likeness (QED) is 0.761. The van der Waals surface area contributed by atoms with Crippen molar-refractivity contribution >= 4 is 5.91 Å². The van der Waals surface area contributed by atoms with Crippen LogP contribution in [-0.2, 0) is 17.6 Å². The van der Waals surface area contributed by atoms with E-state index in [1.54, 1.807) is 6.92 Å². The van der Waals surface area contributed by atoms with Gasteiger partial charge in [0.2, 0.25) is 5.91 Å². The summed E-state index contributed by atoms with van der Waals surface area (Å²) < 4.78 is 0. The van der Waals surface area contributed by atoms with Crippen molar-refractivity contribution in [1.82, 2.24) is 10.2 Å². The SMILES string of the molecule is CC(=O)N(CC1(Cc2ccc(CC#N)cc2)CCNCC1)[C@@H]1CC1c1ccccc1. The Kier molecular flexibility index (Phi) is 6.20. The standard InChI is InChI=1S/C26H31N3O/c1-20(30)29(25-17-24(25)23-5-3-2-4-6-23)19-26(12-15-28-16-13-26)18-22-9-7-21(8-10-22)11-14-27/h2-10,24-25,28H,11-13,15-19H2,1H3/t24?,25-/m1/s1. The number of piperidine rings is 1. The summed E-state index contributed by atoms with van der Waals surface area (Å²) in [6, 6.07) is 21.6. The molecule has 1 saturated heterocycles. The Morgan fingerprint density at radius 1 is 1.10 bits per heavy atom. The van der Waals surface area contributed by atoms with Gasteiger partial charge in [-0.1, -0.05) is 54.6 Å². The highest BCUT2D eigenvalue weighted by Gasteiger charge is 2.46. The first kappa shape index (κ1) is 20.6. The van der Waals surface area contributed by atoms with Crippen molar-refractivity contribution in [2.45, 2.75) is 51.0 Å². The van der Waals surface area contributed by atoms with Gasteiger partial charge in [-0.2, -0.15) is 5.26 Å². The van der Waals surface area contributed by atoms with E-state index in [0.29, 0.717) is 18.4 Å². The third-order valence-electron chi connectivity index (χ3n) is 6.84. The topological polar surface area (TPSA) is 56.1 Å². The van der Waals surface area contributed by atoms with Crippen LogP contribution in [0.3, 0.4) is 0 Å². The molecule has 0 aromatic heterocycles. The molecule has 156 valence electrons. The van der Waals surface area contributed by atoms with Gasteiger partial charge >= 0.3 is 0 Å². The summed E-state index contributed by atoms with van der Waals surface area (Å²) >= 11 is 0. The van der Waals surface area contributed by atoms with Crippen molar-refractivity contribution in [2.24, 2.45) is 5.41 Å². The van der Waals surface area contributed by atoms with Crippen LogP contribution >= 0.6 is 0 Å². The number of rotatable bonds is 7. The Bertz CT molecular complexity index is 894. The van der Waals surface area contributed by atoms with Crippen LogP contribution in [0.2, 0.25) is 0 Å². The zero-order chi connectivity index (χ0) is 21.0. The molecular weight excluding hydrogens is 370 g/mol. The fourth-order valence-corrected chi connectivity index (χ4v) is 5.06. The number of nitrogens with one attached hydrogen (secondary N) is 1. The van der Waals surface area contributed by atoms with Crippen LogP contribution in [0.1, 0.15) is 48.8 Å². The summed E-state index contributed by atoms with van der Waals surface area (Å²) in [5.74, 6) is 0.667. The Hall–Kier alpha value is -2.64. The van der Waals surface area contributed by atoms with E-state index in [2.05, 4.69) is 70.9 Å². The number of nitriles is 1. The molecule has 1 aliphatic heterocycles. The maximum absolute atomic E-state index is 12.7. The lowest BCUT2D eigenvalue weighted by Crippen LogP contribution is -2.48. The Morgan fingerprint density at radius 2 is 1.77 bits per heavy atom. The summed E-state index contributed by atoms with van der Waals surface area (Å²) in [7, 11) is 0. The molecule has 1 saturated carbocycles. The fraction of sp³-hybridized carbons (Fsp3) is 0.462. The van der Waals surface area contributed by atoms with Crippen LogP contribution in [0.5, 0.6) is 0 Å². The van der Waals surface area contributed by atoms with Crippen LogP contribution < -0.4 is 5.32 Å². The molecule has 0 spiro atoms. The van der Waals surface area contributed by atoms with Gasteiger partial charge in [0.15, 0.2) is 0 Å². The highest BCUT2D eigenvalue weighted by Crippen LogP contribution is 2.46. The maximum atomic E-state index is 12.7. The van der Waals surface area contributed by atoms with E-state index in [-0.39, 0.29) is 11.3 Å². The molecule has 0 bridgehead atoms. The van der Waals surface area contributed by atoms with Crippen LogP contribution in [-0.4, -0.2) is 36.5 Å². The minimum Gasteiger partial charge on any atom is -0.339 e. The normalized spacial score (nSPS) is 22.1. The second-order valence-corrected chi connectivity index (χ2v) is 9.05. The van der Waals surface area contributed by atoms with Gasteiger partial charge < -0.3 is 10.2 Å². The van der Waals surface area contributed by atoms with Gasteiger partial charge in [-0.25, -0.2) is 0 Å². The van der Waals surface area contributed by atoms with Crippen molar-refractivity contribution in [2.75, 3.05) is 19.6 Å². The van der Waals surface area contributed by atoms with Gasteiger partial charge in [-0.3, -0.25) is 4.79 Å². The second kappa shape index (κ2) is 9.02. The van der Waals surface area contributed by atoms with Crippen LogP contribution in [0, 0.1) is 16.7 Å². The molecule has 2 aromatic carbocycles.